The van der Waals surface area contributed by atoms with Crippen LogP contribution in [0, 0.1) is 5.41 Å². The Kier molecular flexibility index (Phi) is 4.14. The van der Waals surface area contributed by atoms with Gasteiger partial charge in [-0.25, -0.2) is 13.1 Å². The Bertz CT molecular complexity index is 292. The molecule has 0 aliphatic carbocycles. The molecule has 1 saturated heterocycles. The van der Waals surface area contributed by atoms with Crippen molar-refractivity contribution in [3.8, 4) is 0 Å². The van der Waals surface area contributed by atoms with E-state index in [0.717, 1.165) is 26.1 Å². The fourth-order valence-electron chi connectivity index (χ4n) is 1.48. The van der Waals surface area contributed by atoms with Crippen LogP contribution in [-0.2, 0) is 14.8 Å². The number of hydrogen-bond donors (Lipinski definition) is 1. The summed E-state index contributed by atoms with van der Waals surface area (Å²) < 4.78 is 31.1. The van der Waals surface area contributed by atoms with Crippen LogP contribution in [0.15, 0.2) is 0 Å². The van der Waals surface area contributed by atoms with Gasteiger partial charge in [0.25, 0.3) is 0 Å². The summed E-state index contributed by atoms with van der Waals surface area (Å²) in [6.07, 6.45) is 1.85. The Hall–Kier alpha value is -0.130. The first-order valence-corrected chi connectivity index (χ1v) is 6.97. The van der Waals surface area contributed by atoms with E-state index in [0.29, 0.717) is 6.54 Å². The van der Waals surface area contributed by atoms with E-state index < -0.39 is 10.0 Å². The smallest absolute Gasteiger partial charge is 0.213 e. The fourth-order valence-corrected chi connectivity index (χ4v) is 2.37. The van der Waals surface area contributed by atoms with E-state index >= 15 is 0 Å². The summed E-state index contributed by atoms with van der Waals surface area (Å²) in [5, 5.41) is -0.360. The van der Waals surface area contributed by atoms with E-state index in [1.807, 2.05) is 0 Å². The SMILES string of the molecule is CC(C)S(=O)(=O)NCC1(C)CCOCC1. The van der Waals surface area contributed by atoms with Gasteiger partial charge < -0.3 is 4.74 Å². The van der Waals surface area contributed by atoms with Crippen LogP contribution >= 0.6 is 0 Å². The largest absolute Gasteiger partial charge is 0.381 e. The molecule has 1 fully saturated rings. The minimum atomic E-state index is -3.13. The lowest BCUT2D eigenvalue weighted by Crippen LogP contribution is -2.41. The van der Waals surface area contributed by atoms with Gasteiger partial charge in [-0.05, 0) is 32.1 Å². The third kappa shape index (κ3) is 3.74. The zero-order valence-electron chi connectivity index (χ0n) is 9.75. The van der Waals surface area contributed by atoms with Crippen molar-refractivity contribution in [1.29, 1.82) is 0 Å². The lowest BCUT2D eigenvalue weighted by atomic mass is 9.83. The van der Waals surface area contributed by atoms with Crippen LogP contribution in [0.5, 0.6) is 0 Å². The van der Waals surface area contributed by atoms with Crippen LogP contribution in [0.25, 0.3) is 0 Å². The Labute approximate surface area is 92.4 Å². The first-order valence-electron chi connectivity index (χ1n) is 5.42. The summed E-state index contributed by atoms with van der Waals surface area (Å²) in [6.45, 7) is 7.48. The molecule has 0 radical (unpaired) electrons. The molecule has 1 heterocycles. The quantitative estimate of drug-likeness (QED) is 0.794. The highest BCUT2D eigenvalue weighted by Crippen LogP contribution is 2.28. The maximum atomic E-state index is 11.6. The van der Waals surface area contributed by atoms with Crippen LogP contribution in [0.1, 0.15) is 33.6 Å². The summed E-state index contributed by atoms with van der Waals surface area (Å²) in [4.78, 5) is 0. The van der Waals surface area contributed by atoms with Crippen LogP contribution in [0.4, 0.5) is 0 Å². The summed E-state index contributed by atoms with van der Waals surface area (Å²) in [5.74, 6) is 0. The second kappa shape index (κ2) is 4.80. The highest BCUT2D eigenvalue weighted by molar-refractivity contribution is 7.90. The Morgan fingerprint density at radius 1 is 1.33 bits per heavy atom. The topological polar surface area (TPSA) is 55.4 Å². The summed E-state index contributed by atoms with van der Waals surface area (Å²) in [7, 11) is -3.13. The monoisotopic (exact) mass is 235 g/mol. The highest BCUT2D eigenvalue weighted by atomic mass is 32.2. The van der Waals surface area contributed by atoms with Crippen molar-refractivity contribution < 1.29 is 13.2 Å². The number of sulfonamides is 1. The van der Waals surface area contributed by atoms with Gasteiger partial charge in [-0.2, -0.15) is 0 Å². The zero-order chi connectivity index (χ0) is 11.5. The molecule has 0 saturated carbocycles. The second-order valence-electron chi connectivity index (χ2n) is 4.84. The molecule has 90 valence electrons. The van der Waals surface area contributed by atoms with Gasteiger partial charge in [-0.1, -0.05) is 6.92 Å². The number of rotatable bonds is 4. The standard InChI is InChI=1S/C10H21NO3S/c1-9(2)15(12,13)11-8-10(3)4-6-14-7-5-10/h9,11H,4-8H2,1-3H3. The van der Waals surface area contributed by atoms with Crippen LogP contribution in [-0.4, -0.2) is 33.4 Å². The minimum absolute atomic E-state index is 0.0558. The summed E-state index contributed by atoms with van der Waals surface area (Å²) in [6, 6.07) is 0. The molecule has 0 bridgehead atoms. The van der Waals surface area contributed by atoms with E-state index in [1.54, 1.807) is 13.8 Å². The van der Waals surface area contributed by atoms with E-state index in [2.05, 4.69) is 11.6 Å². The molecule has 1 aliphatic rings. The number of nitrogens with one attached hydrogen (secondary N) is 1. The molecule has 0 amide bonds. The first-order chi connectivity index (χ1) is 6.86. The molecule has 5 heteroatoms. The van der Waals surface area contributed by atoms with Crippen LogP contribution in [0.3, 0.4) is 0 Å². The summed E-state index contributed by atoms with van der Waals surface area (Å²) >= 11 is 0. The zero-order valence-corrected chi connectivity index (χ0v) is 10.6. The van der Waals surface area contributed by atoms with Gasteiger partial charge >= 0.3 is 0 Å². The number of ether oxygens (including phenoxy) is 1. The summed E-state index contributed by atoms with van der Waals surface area (Å²) in [5.41, 5.74) is 0.0558. The van der Waals surface area contributed by atoms with Crippen molar-refractivity contribution in [2.75, 3.05) is 19.8 Å². The van der Waals surface area contributed by atoms with E-state index in [1.165, 1.54) is 0 Å². The van der Waals surface area contributed by atoms with Gasteiger partial charge in [0.1, 0.15) is 0 Å². The van der Waals surface area contributed by atoms with Gasteiger partial charge in [-0.3, -0.25) is 0 Å². The van der Waals surface area contributed by atoms with Crippen molar-refractivity contribution in [2.24, 2.45) is 5.41 Å². The third-order valence-electron chi connectivity index (χ3n) is 3.02. The molecule has 1 aliphatic heterocycles. The molecule has 1 rings (SSSR count). The highest BCUT2D eigenvalue weighted by Gasteiger charge is 2.29. The molecule has 0 aromatic rings. The fraction of sp³-hybridized carbons (Fsp3) is 1.00. The molecule has 0 atom stereocenters. The molecule has 0 spiro atoms. The second-order valence-corrected chi connectivity index (χ2v) is 7.16. The molecular formula is C10H21NO3S. The number of hydrogen-bond acceptors (Lipinski definition) is 3. The van der Waals surface area contributed by atoms with Gasteiger partial charge in [0, 0.05) is 19.8 Å². The minimum Gasteiger partial charge on any atom is -0.381 e. The molecule has 0 unspecified atom stereocenters. The first kappa shape index (κ1) is 12.9. The van der Waals surface area contributed by atoms with Gasteiger partial charge in [0.2, 0.25) is 10.0 Å². The van der Waals surface area contributed by atoms with E-state index in [-0.39, 0.29) is 10.7 Å². The predicted molar refractivity (Wildman–Crippen MR) is 60.2 cm³/mol. The van der Waals surface area contributed by atoms with E-state index in [4.69, 9.17) is 4.74 Å². The van der Waals surface area contributed by atoms with Gasteiger partial charge in [-0.15, -0.1) is 0 Å². The molecule has 15 heavy (non-hydrogen) atoms. The van der Waals surface area contributed by atoms with Crippen molar-refractivity contribution in [2.45, 2.75) is 38.9 Å². The Balaban J connectivity index is 2.48. The normalized spacial score (nSPS) is 21.9. The van der Waals surface area contributed by atoms with Crippen molar-refractivity contribution >= 4 is 10.0 Å². The maximum Gasteiger partial charge on any atom is 0.213 e. The predicted octanol–water partition coefficient (Wildman–Crippen LogP) is 1.13. The molecule has 0 aromatic heterocycles. The van der Waals surface area contributed by atoms with Crippen molar-refractivity contribution in [3.63, 3.8) is 0 Å². The lowest BCUT2D eigenvalue weighted by Gasteiger charge is -2.33. The average Bonchev–Trinajstić information content (AvgIpc) is 2.16. The van der Waals surface area contributed by atoms with E-state index in [9.17, 15) is 8.42 Å². The maximum absolute atomic E-state index is 11.6. The van der Waals surface area contributed by atoms with Crippen LogP contribution < -0.4 is 4.72 Å². The third-order valence-corrected chi connectivity index (χ3v) is 4.81. The van der Waals surface area contributed by atoms with Gasteiger partial charge in [0.15, 0.2) is 0 Å². The molecular weight excluding hydrogens is 214 g/mol. The molecule has 1 N–H and O–H groups in total. The molecule has 4 nitrogen and oxygen atoms in total. The molecule has 0 aromatic carbocycles. The van der Waals surface area contributed by atoms with Crippen molar-refractivity contribution in [1.82, 2.24) is 4.72 Å². The van der Waals surface area contributed by atoms with Crippen LogP contribution in [0.2, 0.25) is 0 Å². The lowest BCUT2D eigenvalue weighted by molar-refractivity contribution is 0.0264. The Morgan fingerprint density at radius 3 is 2.33 bits per heavy atom. The Morgan fingerprint density at radius 2 is 1.87 bits per heavy atom. The van der Waals surface area contributed by atoms with Gasteiger partial charge in [0.05, 0.1) is 5.25 Å². The average molecular weight is 235 g/mol. The van der Waals surface area contributed by atoms with Crippen molar-refractivity contribution in [3.05, 3.63) is 0 Å².